The van der Waals surface area contributed by atoms with Crippen LogP contribution in [-0.4, -0.2) is 71.2 Å². The van der Waals surface area contributed by atoms with Gasteiger partial charge >= 0.3 is 24.3 Å². The van der Waals surface area contributed by atoms with Crippen LogP contribution in [0.5, 0.6) is 0 Å². The van der Waals surface area contributed by atoms with Crippen LogP contribution in [0.15, 0.2) is 12.4 Å². The molecule has 6 saturated carbocycles. The van der Waals surface area contributed by atoms with Crippen molar-refractivity contribution in [3.63, 3.8) is 0 Å². The number of aromatic carboxylic acids is 2. The lowest BCUT2D eigenvalue weighted by molar-refractivity contribution is -0.145. The van der Waals surface area contributed by atoms with Crippen molar-refractivity contribution in [3.05, 3.63) is 34.9 Å². The van der Waals surface area contributed by atoms with Gasteiger partial charge in [0.05, 0.1) is 35.8 Å². The first-order chi connectivity index (χ1) is 31.0. The molecule has 2 heterocycles. The number of hydrogen-bond acceptors (Lipinski definition) is 6. The summed E-state index contributed by atoms with van der Waals surface area (Å²) >= 11 is 0. The summed E-state index contributed by atoms with van der Waals surface area (Å²) in [7, 11) is 0. The Morgan fingerprint density at radius 3 is 1.66 bits per heavy atom. The van der Waals surface area contributed by atoms with E-state index in [2.05, 4.69) is 22.4 Å². The van der Waals surface area contributed by atoms with Crippen LogP contribution < -0.4 is 5.32 Å². The summed E-state index contributed by atoms with van der Waals surface area (Å²) in [6.45, 7) is 3.49. The molecule has 2 atom stereocenters. The lowest BCUT2D eigenvalue weighted by atomic mass is 9.52. The first-order valence-electron chi connectivity index (χ1n) is 25.2. The van der Waals surface area contributed by atoms with Crippen molar-refractivity contribution < 1.29 is 51.3 Å². The van der Waals surface area contributed by atoms with Gasteiger partial charge in [0, 0.05) is 12.5 Å². The molecule has 0 spiro atoms. The van der Waals surface area contributed by atoms with E-state index < -0.39 is 42.0 Å². The molecule has 6 aliphatic carbocycles. The normalized spacial score (nSPS) is 24.2. The fourth-order valence-electron chi connectivity index (χ4n) is 11.8. The summed E-state index contributed by atoms with van der Waals surface area (Å²) in [5.41, 5.74) is -1.05. The van der Waals surface area contributed by atoms with E-state index in [4.69, 9.17) is 5.11 Å². The first kappa shape index (κ1) is 52.8. The SMILES string of the molecule is CCCCCCCCCCNC1C2CC3CC1CC(O)(C3)C2.O=C(O)c1cnn(C2CCCC2)c1C(F)(F)F.O=C(O)c1cnn(C2CCCC2)c1CCCCCCCCCC(F)(F)F. The molecule has 2 aromatic rings. The van der Waals surface area contributed by atoms with Crippen molar-refractivity contribution in [3.8, 4) is 0 Å². The number of carbonyl (C=O) groups is 2. The molecular formula is C49H77F6N5O5. The molecule has 0 aliphatic heterocycles. The van der Waals surface area contributed by atoms with Crippen LogP contribution in [0.3, 0.4) is 0 Å². The van der Waals surface area contributed by atoms with Gasteiger partial charge < -0.3 is 20.6 Å². The highest BCUT2D eigenvalue weighted by atomic mass is 19.4. The van der Waals surface area contributed by atoms with Crippen molar-refractivity contribution >= 4 is 11.9 Å². The molecule has 2 unspecified atom stereocenters. The van der Waals surface area contributed by atoms with Crippen molar-refractivity contribution in [2.24, 2.45) is 17.8 Å². The molecule has 4 N–H and O–H groups in total. The Labute approximate surface area is 382 Å². The molecule has 6 fully saturated rings. The second-order valence-electron chi connectivity index (χ2n) is 20.0. The van der Waals surface area contributed by atoms with Crippen LogP contribution in [0.25, 0.3) is 0 Å². The fraction of sp³-hybridized carbons (Fsp3) is 0.837. The number of halogens is 6. The predicted octanol–water partition coefficient (Wildman–Crippen LogP) is 13.3. The average Bonchev–Trinajstić information content (AvgIpc) is 4.07. The number of carboxylic acids is 2. The topological polar surface area (TPSA) is 142 Å². The zero-order chi connectivity index (χ0) is 47.0. The van der Waals surface area contributed by atoms with Crippen molar-refractivity contribution in [1.29, 1.82) is 0 Å². The first-order valence-corrected chi connectivity index (χ1v) is 25.2. The third-order valence-corrected chi connectivity index (χ3v) is 14.8. The van der Waals surface area contributed by atoms with Crippen molar-refractivity contribution in [1.82, 2.24) is 24.9 Å². The number of hydrogen-bond donors (Lipinski definition) is 4. The van der Waals surface area contributed by atoms with E-state index in [1.807, 2.05) is 4.68 Å². The van der Waals surface area contributed by atoms with Gasteiger partial charge in [-0.05, 0) is 108 Å². The number of rotatable bonds is 23. The third-order valence-electron chi connectivity index (χ3n) is 14.8. The van der Waals surface area contributed by atoms with E-state index in [0.29, 0.717) is 37.3 Å². The van der Waals surface area contributed by atoms with Crippen LogP contribution in [0.4, 0.5) is 26.3 Å². The second-order valence-corrected chi connectivity index (χ2v) is 20.0. The van der Waals surface area contributed by atoms with Gasteiger partial charge in [-0.25, -0.2) is 9.59 Å². The molecule has 0 radical (unpaired) electrons. The van der Waals surface area contributed by atoms with Gasteiger partial charge in [0.25, 0.3) is 0 Å². The van der Waals surface area contributed by atoms with Gasteiger partial charge in [-0.15, -0.1) is 0 Å². The quantitative estimate of drug-likeness (QED) is 0.0637. The molecule has 0 aromatic carbocycles. The Morgan fingerprint density at radius 2 is 1.15 bits per heavy atom. The van der Waals surface area contributed by atoms with Gasteiger partial charge in [0.1, 0.15) is 11.1 Å². The average molecular weight is 930 g/mol. The predicted molar refractivity (Wildman–Crippen MR) is 238 cm³/mol. The van der Waals surface area contributed by atoms with Gasteiger partial charge in [0.15, 0.2) is 5.69 Å². The van der Waals surface area contributed by atoms with E-state index in [1.165, 1.54) is 89.8 Å². The summed E-state index contributed by atoms with van der Waals surface area (Å²) < 4.78 is 77.4. The highest BCUT2D eigenvalue weighted by molar-refractivity contribution is 5.89. The molecule has 65 heavy (non-hydrogen) atoms. The molecule has 2 aromatic heterocycles. The third kappa shape index (κ3) is 16.3. The van der Waals surface area contributed by atoms with Gasteiger partial charge in [-0.1, -0.05) is 110 Å². The number of unbranched alkanes of at least 4 members (excludes halogenated alkanes) is 13. The molecule has 6 aliphatic rings. The fourth-order valence-corrected chi connectivity index (χ4v) is 11.8. The van der Waals surface area contributed by atoms with Gasteiger partial charge in [0.2, 0.25) is 0 Å². The molecule has 10 nitrogen and oxygen atoms in total. The largest absolute Gasteiger partial charge is 0.478 e. The summed E-state index contributed by atoms with van der Waals surface area (Å²) in [6, 6.07) is 0.716. The smallest absolute Gasteiger partial charge is 0.433 e. The monoisotopic (exact) mass is 930 g/mol. The number of carboxylic acid groups (broad SMARTS) is 2. The lowest BCUT2D eigenvalue weighted by Gasteiger charge is -2.58. The zero-order valence-electron chi connectivity index (χ0n) is 38.8. The van der Waals surface area contributed by atoms with Gasteiger partial charge in [-0.2, -0.15) is 36.5 Å². The van der Waals surface area contributed by atoms with Crippen LogP contribution in [0.1, 0.15) is 237 Å². The number of alkyl halides is 6. The Balaban J connectivity index is 0.000000187. The number of nitrogens with one attached hydrogen (secondary N) is 1. The molecule has 4 bridgehead atoms. The molecule has 16 heteroatoms. The van der Waals surface area contributed by atoms with E-state index in [9.17, 15) is 46.1 Å². The lowest BCUT2D eigenvalue weighted by Crippen LogP contribution is -2.60. The summed E-state index contributed by atoms with van der Waals surface area (Å²) in [4.78, 5) is 22.2. The van der Waals surface area contributed by atoms with Crippen LogP contribution >= 0.6 is 0 Å². The van der Waals surface area contributed by atoms with E-state index in [-0.39, 0.29) is 18.1 Å². The Kier molecular flexibility index (Phi) is 20.6. The van der Waals surface area contributed by atoms with Crippen LogP contribution in [0, 0.1) is 17.8 Å². The van der Waals surface area contributed by atoms with Crippen LogP contribution in [-0.2, 0) is 12.6 Å². The Bertz CT molecular complexity index is 1720. The molecule has 0 amide bonds. The maximum atomic E-state index is 12.8. The zero-order valence-corrected chi connectivity index (χ0v) is 38.8. The molecular weight excluding hydrogens is 853 g/mol. The Hall–Kier alpha value is -3.14. The number of aliphatic hydroxyl groups is 1. The maximum Gasteiger partial charge on any atom is 0.433 e. The van der Waals surface area contributed by atoms with Crippen LogP contribution in [0.2, 0.25) is 0 Å². The number of aromatic nitrogens is 4. The van der Waals surface area contributed by atoms with Gasteiger partial charge in [-0.3, -0.25) is 9.36 Å². The highest BCUT2D eigenvalue weighted by Crippen LogP contribution is 2.55. The highest BCUT2D eigenvalue weighted by Gasteiger charge is 2.54. The van der Waals surface area contributed by atoms with Crippen molar-refractivity contribution in [2.45, 2.75) is 236 Å². The van der Waals surface area contributed by atoms with Crippen molar-refractivity contribution in [2.75, 3.05) is 6.54 Å². The van der Waals surface area contributed by atoms with E-state index in [0.717, 1.165) is 117 Å². The number of nitrogens with zero attached hydrogens (tertiary/aromatic N) is 4. The summed E-state index contributed by atoms with van der Waals surface area (Å²) in [6.07, 6.45) is 23.6. The molecule has 370 valence electrons. The summed E-state index contributed by atoms with van der Waals surface area (Å²) in [5.74, 6) is -0.144. The van der Waals surface area contributed by atoms with E-state index >= 15 is 0 Å². The Morgan fingerprint density at radius 1 is 0.677 bits per heavy atom. The minimum Gasteiger partial charge on any atom is -0.478 e. The standard InChI is InChI=1S/C20H37NO.C19H29F3N2O2.C10H11F3N2O2/c1-2-3-4-5-6-7-8-9-10-21-19-17-11-16-12-18(19)15-20(22,13-16)14-17;20-19(21,22)13-9-5-3-1-2-4-6-12-17-16(18(25)26)14-23-24(17)15-10-7-8-11-15;11-10(12,13)8-7(9(16)17)5-14-15(8)6-3-1-2-4-6/h16-19,21-22H,2-15H2,1H3;14-15H,1-13H2,(H,25,26);5-6H,1-4H2,(H,16,17). The molecule has 8 rings (SSSR count). The summed E-state index contributed by atoms with van der Waals surface area (Å²) in [5, 5.41) is 40.5. The molecule has 0 saturated heterocycles. The van der Waals surface area contributed by atoms with E-state index in [1.54, 1.807) is 0 Å². The minimum absolute atomic E-state index is 0.214. The second kappa shape index (κ2) is 25.3. The maximum absolute atomic E-state index is 12.8. The minimum atomic E-state index is -4.69.